The second-order valence-corrected chi connectivity index (χ2v) is 11.1. The third kappa shape index (κ3) is 6.04. The molecule has 1 heterocycles. The Labute approximate surface area is 229 Å². The maximum atomic E-state index is 13.5. The van der Waals surface area contributed by atoms with Crippen molar-refractivity contribution in [1.82, 2.24) is 9.99 Å². The number of nitrogens with one attached hydrogen (secondary N) is 1. The van der Waals surface area contributed by atoms with Gasteiger partial charge in [0.05, 0.1) is 23.9 Å². The summed E-state index contributed by atoms with van der Waals surface area (Å²) in [7, 11) is -2.53. The van der Waals surface area contributed by atoms with E-state index < -0.39 is 22.5 Å². The summed E-state index contributed by atoms with van der Waals surface area (Å²) in [5, 5.41) is 4.13. The number of hydrogen-bond acceptors (Lipinski definition) is 5. The van der Waals surface area contributed by atoms with E-state index in [1.807, 2.05) is 19.9 Å². The van der Waals surface area contributed by atoms with E-state index in [-0.39, 0.29) is 4.90 Å². The minimum Gasteiger partial charge on any atom is -0.497 e. The highest BCUT2D eigenvalue weighted by Gasteiger charge is 2.27. The number of anilines is 1. The zero-order valence-electron chi connectivity index (χ0n) is 22.7. The minimum atomic E-state index is -4.04. The lowest BCUT2D eigenvalue weighted by molar-refractivity contribution is -0.119. The molecule has 0 spiro atoms. The molecule has 0 aliphatic carbocycles. The van der Waals surface area contributed by atoms with Crippen LogP contribution in [0.2, 0.25) is 0 Å². The van der Waals surface area contributed by atoms with Crippen molar-refractivity contribution in [3.05, 3.63) is 107 Å². The molecule has 3 aromatic carbocycles. The summed E-state index contributed by atoms with van der Waals surface area (Å²) in [4.78, 5) is 12.9. The average molecular weight is 545 g/mol. The highest BCUT2D eigenvalue weighted by atomic mass is 32.2. The largest absolute Gasteiger partial charge is 0.497 e. The van der Waals surface area contributed by atoms with E-state index >= 15 is 0 Å². The van der Waals surface area contributed by atoms with E-state index in [1.165, 1.54) is 30.4 Å². The van der Waals surface area contributed by atoms with Crippen LogP contribution in [0.4, 0.5) is 5.69 Å². The van der Waals surface area contributed by atoms with Gasteiger partial charge in [0.15, 0.2) is 0 Å². The van der Waals surface area contributed by atoms with Gasteiger partial charge in [-0.15, -0.1) is 0 Å². The number of carbonyl (C=O) groups excluding carboxylic acids is 1. The summed E-state index contributed by atoms with van der Waals surface area (Å²) in [5.74, 6) is -0.0423. The molecule has 1 aromatic heterocycles. The number of para-hydroxylation sites is 1. The molecule has 39 heavy (non-hydrogen) atoms. The molecule has 1 N–H and O–H groups in total. The number of ether oxygens (including phenoxy) is 1. The molecular formula is C30H32N4O4S. The van der Waals surface area contributed by atoms with Crippen molar-refractivity contribution in [3.8, 4) is 11.4 Å². The fourth-order valence-corrected chi connectivity index (χ4v) is 5.73. The Hall–Kier alpha value is -4.37. The molecule has 0 unspecified atom stereocenters. The molecule has 0 aliphatic rings. The number of hydrazone groups is 1. The Morgan fingerprint density at radius 2 is 1.64 bits per heavy atom. The standard InChI is InChI=1S/C30H32N4O4S/c1-21-11-12-27(17-22(21)2)34-23(3)18-25(24(34)4)19-31-32-30(35)20-33(26-9-7-6-8-10-26)39(36,37)29-15-13-28(38-5)14-16-29/h6-19H,20H2,1-5H3,(H,32,35)/b31-19+. The number of sulfonamides is 1. The van der Waals surface area contributed by atoms with Gasteiger partial charge in [-0.05, 0) is 93.4 Å². The van der Waals surface area contributed by atoms with Gasteiger partial charge in [-0.2, -0.15) is 5.10 Å². The molecule has 0 saturated heterocycles. The van der Waals surface area contributed by atoms with Crippen LogP contribution < -0.4 is 14.5 Å². The summed E-state index contributed by atoms with van der Waals surface area (Å²) < 4.78 is 35.3. The van der Waals surface area contributed by atoms with Crippen molar-refractivity contribution in [3.63, 3.8) is 0 Å². The van der Waals surface area contributed by atoms with Gasteiger partial charge >= 0.3 is 0 Å². The van der Waals surface area contributed by atoms with Crippen LogP contribution in [-0.2, 0) is 14.8 Å². The quantitative estimate of drug-likeness (QED) is 0.235. The highest BCUT2D eigenvalue weighted by molar-refractivity contribution is 7.92. The van der Waals surface area contributed by atoms with Gasteiger partial charge in [-0.25, -0.2) is 13.8 Å². The Kier molecular flexibility index (Phi) is 8.21. The number of benzene rings is 3. The smallest absolute Gasteiger partial charge is 0.264 e. The fraction of sp³-hybridized carbons (Fsp3) is 0.200. The number of aryl methyl sites for hydroxylation is 3. The molecule has 0 aliphatic heterocycles. The first-order valence-electron chi connectivity index (χ1n) is 12.4. The van der Waals surface area contributed by atoms with Crippen molar-refractivity contribution >= 4 is 27.8 Å². The first-order chi connectivity index (χ1) is 18.6. The topological polar surface area (TPSA) is 93.0 Å². The molecule has 0 bridgehead atoms. The van der Waals surface area contributed by atoms with E-state index in [0.717, 1.165) is 26.9 Å². The lowest BCUT2D eigenvalue weighted by Crippen LogP contribution is -2.39. The van der Waals surface area contributed by atoms with Crippen LogP contribution in [0.3, 0.4) is 0 Å². The van der Waals surface area contributed by atoms with Crippen LogP contribution in [0.1, 0.15) is 28.1 Å². The Bertz CT molecular complexity index is 1610. The molecule has 4 rings (SSSR count). The average Bonchev–Trinajstić information content (AvgIpc) is 3.21. The van der Waals surface area contributed by atoms with E-state index in [2.05, 4.69) is 47.1 Å². The van der Waals surface area contributed by atoms with Gasteiger partial charge in [0.25, 0.3) is 15.9 Å². The van der Waals surface area contributed by atoms with Crippen LogP contribution in [-0.4, -0.2) is 38.8 Å². The van der Waals surface area contributed by atoms with Crippen LogP contribution in [0.5, 0.6) is 5.75 Å². The van der Waals surface area contributed by atoms with Crippen LogP contribution in [0.25, 0.3) is 5.69 Å². The number of carbonyl (C=O) groups is 1. The van der Waals surface area contributed by atoms with Crippen LogP contribution >= 0.6 is 0 Å². The maximum absolute atomic E-state index is 13.5. The number of aromatic nitrogens is 1. The first-order valence-corrected chi connectivity index (χ1v) is 13.9. The number of nitrogens with zero attached hydrogens (tertiary/aromatic N) is 3. The van der Waals surface area contributed by atoms with Gasteiger partial charge in [-0.3, -0.25) is 9.10 Å². The van der Waals surface area contributed by atoms with E-state index in [0.29, 0.717) is 11.4 Å². The minimum absolute atomic E-state index is 0.0437. The van der Waals surface area contributed by atoms with Crippen molar-refractivity contribution < 1.29 is 17.9 Å². The molecule has 0 fully saturated rings. The summed E-state index contributed by atoms with van der Waals surface area (Å²) in [6.07, 6.45) is 1.57. The molecule has 1 amide bonds. The lowest BCUT2D eigenvalue weighted by atomic mass is 10.1. The normalized spacial score (nSPS) is 11.5. The molecule has 0 atom stereocenters. The van der Waals surface area contributed by atoms with Gasteiger partial charge in [-0.1, -0.05) is 24.3 Å². The number of methoxy groups -OCH3 is 1. The summed E-state index contributed by atoms with van der Waals surface area (Å²) in [6, 6.07) is 22.8. The molecule has 9 heteroatoms. The van der Waals surface area contributed by atoms with Crippen LogP contribution in [0.15, 0.2) is 88.9 Å². The Morgan fingerprint density at radius 1 is 0.949 bits per heavy atom. The predicted molar refractivity (Wildman–Crippen MR) is 154 cm³/mol. The second kappa shape index (κ2) is 11.6. The molecule has 4 aromatic rings. The zero-order valence-corrected chi connectivity index (χ0v) is 23.5. The van der Waals surface area contributed by atoms with Crippen molar-refractivity contribution in [2.24, 2.45) is 5.10 Å². The second-order valence-electron chi connectivity index (χ2n) is 9.25. The maximum Gasteiger partial charge on any atom is 0.264 e. The lowest BCUT2D eigenvalue weighted by Gasteiger charge is -2.23. The molecule has 8 nitrogen and oxygen atoms in total. The van der Waals surface area contributed by atoms with Crippen molar-refractivity contribution in [2.75, 3.05) is 18.0 Å². The van der Waals surface area contributed by atoms with Crippen LogP contribution in [0, 0.1) is 27.7 Å². The SMILES string of the molecule is COc1ccc(S(=O)(=O)N(CC(=O)N/N=C/c2cc(C)n(-c3ccc(C)c(C)c3)c2C)c2ccccc2)cc1. The fourth-order valence-electron chi connectivity index (χ4n) is 4.30. The highest BCUT2D eigenvalue weighted by Crippen LogP contribution is 2.25. The third-order valence-corrected chi connectivity index (χ3v) is 8.38. The third-order valence-electron chi connectivity index (χ3n) is 6.59. The van der Waals surface area contributed by atoms with E-state index in [4.69, 9.17) is 4.74 Å². The van der Waals surface area contributed by atoms with E-state index in [9.17, 15) is 13.2 Å². The van der Waals surface area contributed by atoms with Gasteiger partial charge < -0.3 is 9.30 Å². The zero-order chi connectivity index (χ0) is 28.2. The van der Waals surface area contributed by atoms with Gasteiger partial charge in [0.2, 0.25) is 0 Å². The number of amides is 1. The first kappa shape index (κ1) is 27.7. The number of rotatable bonds is 9. The molecule has 0 radical (unpaired) electrons. The monoisotopic (exact) mass is 544 g/mol. The predicted octanol–water partition coefficient (Wildman–Crippen LogP) is 5.07. The van der Waals surface area contributed by atoms with Gasteiger partial charge in [0, 0.05) is 22.6 Å². The Morgan fingerprint density at radius 3 is 2.28 bits per heavy atom. The van der Waals surface area contributed by atoms with Crippen molar-refractivity contribution in [1.29, 1.82) is 0 Å². The summed E-state index contributed by atoms with van der Waals surface area (Å²) >= 11 is 0. The van der Waals surface area contributed by atoms with Gasteiger partial charge in [0.1, 0.15) is 12.3 Å². The summed E-state index contributed by atoms with van der Waals surface area (Å²) in [6.45, 7) is 7.72. The molecule has 0 saturated carbocycles. The molecular weight excluding hydrogens is 512 g/mol. The molecule has 202 valence electrons. The number of hydrogen-bond donors (Lipinski definition) is 1. The Balaban J connectivity index is 1.53. The van der Waals surface area contributed by atoms with Crippen molar-refractivity contribution in [2.45, 2.75) is 32.6 Å². The summed E-state index contributed by atoms with van der Waals surface area (Å²) in [5.41, 5.74) is 9.18. The van der Waals surface area contributed by atoms with E-state index in [1.54, 1.807) is 48.7 Å².